The van der Waals surface area contributed by atoms with Crippen LogP contribution in [0.4, 0.5) is 8.78 Å². The Morgan fingerprint density at radius 2 is 1.88 bits per heavy atom. The predicted molar refractivity (Wildman–Crippen MR) is 124 cm³/mol. The van der Waals surface area contributed by atoms with Gasteiger partial charge in [0.05, 0.1) is 16.3 Å². The van der Waals surface area contributed by atoms with Crippen LogP contribution in [0.2, 0.25) is 5.02 Å². The molecule has 10 heteroatoms. The van der Waals surface area contributed by atoms with E-state index in [1.54, 1.807) is 19.2 Å². The third-order valence-corrected chi connectivity index (χ3v) is 8.53. The molecule has 1 aliphatic heterocycles. The number of rotatable bonds is 8. The first-order valence-corrected chi connectivity index (χ1v) is 12.9. The van der Waals surface area contributed by atoms with Crippen LogP contribution < -0.4 is 5.32 Å². The second-order valence-electron chi connectivity index (χ2n) is 8.51. The third kappa shape index (κ3) is 5.70. The van der Waals surface area contributed by atoms with Gasteiger partial charge in [0, 0.05) is 36.4 Å². The van der Waals surface area contributed by atoms with Crippen molar-refractivity contribution in [3.05, 3.63) is 64.4 Å². The van der Waals surface area contributed by atoms with Gasteiger partial charge >= 0.3 is 0 Å². The summed E-state index contributed by atoms with van der Waals surface area (Å²) >= 11 is 5.83. The van der Waals surface area contributed by atoms with E-state index in [4.69, 9.17) is 11.6 Å². The minimum atomic E-state index is -3.31. The molecule has 1 aromatic heterocycles. The molecular formula is C23H28ClF2N3O3S. The second kappa shape index (κ2) is 10.4. The quantitative estimate of drug-likeness (QED) is 0.549. The molecule has 0 radical (unpaired) electrons. The van der Waals surface area contributed by atoms with E-state index in [0.29, 0.717) is 38.8 Å². The first-order valence-electron chi connectivity index (χ1n) is 10.9. The Morgan fingerprint density at radius 1 is 1.21 bits per heavy atom. The molecule has 1 fully saturated rings. The van der Waals surface area contributed by atoms with Crippen molar-refractivity contribution in [3.8, 4) is 0 Å². The molecule has 1 aliphatic rings. The Labute approximate surface area is 198 Å². The summed E-state index contributed by atoms with van der Waals surface area (Å²) in [6.45, 7) is 4.31. The molecule has 1 unspecified atom stereocenters. The number of amides is 1. The topological polar surface area (TPSA) is 79.4 Å². The average Bonchev–Trinajstić information content (AvgIpc) is 2.77. The van der Waals surface area contributed by atoms with Gasteiger partial charge in [0.15, 0.2) is 0 Å². The zero-order valence-electron chi connectivity index (χ0n) is 18.7. The van der Waals surface area contributed by atoms with E-state index in [1.807, 2.05) is 19.1 Å². The maximum absolute atomic E-state index is 14.2. The Bertz CT molecular complexity index is 1090. The van der Waals surface area contributed by atoms with Crippen molar-refractivity contribution in [2.75, 3.05) is 18.8 Å². The molecule has 1 saturated heterocycles. The zero-order chi connectivity index (χ0) is 24.2. The number of piperidine rings is 1. The van der Waals surface area contributed by atoms with Crippen LogP contribution in [-0.2, 0) is 15.4 Å². The molecule has 1 atom stereocenters. The van der Waals surface area contributed by atoms with Gasteiger partial charge in [-0.2, -0.15) is 0 Å². The lowest BCUT2D eigenvalue weighted by Crippen LogP contribution is -2.49. The van der Waals surface area contributed by atoms with E-state index in [0.717, 1.165) is 17.8 Å². The van der Waals surface area contributed by atoms with Crippen LogP contribution in [0.25, 0.3) is 0 Å². The van der Waals surface area contributed by atoms with Crippen molar-refractivity contribution in [1.82, 2.24) is 14.6 Å². The van der Waals surface area contributed by atoms with E-state index in [1.165, 1.54) is 4.31 Å². The van der Waals surface area contributed by atoms with Gasteiger partial charge in [-0.15, -0.1) is 0 Å². The molecule has 33 heavy (non-hydrogen) atoms. The van der Waals surface area contributed by atoms with Gasteiger partial charge in [-0.25, -0.2) is 21.5 Å². The summed E-state index contributed by atoms with van der Waals surface area (Å²) < 4.78 is 54.5. The lowest BCUT2D eigenvalue weighted by Gasteiger charge is -2.42. The molecule has 0 aliphatic carbocycles. The van der Waals surface area contributed by atoms with Crippen LogP contribution in [-0.4, -0.2) is 48.5 Å². The molecule has 1 amide bonds. The summed E-state index contributed by atoms with van der Waals surface area (Å²) in [6.07, 6.45) is 3.74. The van der Waals surface area contributed by atoms with Crippen LogP contribution in [0.15, 0.2) is 36.5 Å². The summed E-state index contributed by atoms with van der Waals surface area (Å²) in [4.78, 5) is 17.2. The zero-order valence-corrected chi connectivity index (χ0v) is 20.2. The van der Waals surface area contributed by atoms with Gasteiger partial charge in [0.2, 0.25) is 10.0 Å². The number of nitrogens with one attached hydrogen (secondary N) is 1. The van der Waals surface area contributed by atoms with Crippen molar-refractivity contribution in [1.29, 1.82) is 0 Å². The molecule has 2 aromatic rings. The number of nitrogens with zero attached hydrogens (tertiary/aromatic N) is 2. The second-order valence-corrected chi connectivity index (χ2v) is 11.0. The van der Waals surface area contributed by atoms with Crippen molar-refractivity contribution in [2.45, 2.75) is 51.0 Å². The fourth-order valence-electron chi connectivity index (χ4n) is 4.49. The maximum atomic E-state index is 14.2. The molecule has 6 nitrogen and oxygen atoms in total. The van der Waals surface area contributed by atoms with E-state index < -0.39 is 49.6 Å². The smallest absolute Gasteiger partial charge is 0.256 e. The summed E-state index contributed by atoms with van der Waals surface area (Å²) in [5.41, 5.74) is -0.194. The normalized spacial score (nSPS) is 17.5. The standard InChI is InChI=1S/C23H28ClF2N3O3S/c1-3-14-33(31,32)29-12-9-23(10-13-29,19-6-4-5-11-27-19)15-16(2)28-22(30)20-17(25)7-8-18(26)21(20)24/h4-8,11,16H,3,9-10,12-15H2,1-2H3,(H,28,30). The minimum absolute atomic E-state index is 0.107. The number of carbonyl (C=O) groups is 1. The molecule has 180 valence electrons. The monoisotopic (exact) mass is 499 g/mol. The highest BCUT2D eigenvalue weighted by Gasteiger charge is 2.41. The van der Waals surface area contributed by atoms with Crippen molar-refractivity contribution in [3.63, 3.8) is 0 Å². The van der Waals surface area contributed by atoms with Crippen LogP contribution in [0.3, 0.4) is 0 Å². The Kier molecular flexibility index (Phi) is 8.08. The Morgan fingerprint density at radius 3 is 2.48 bits per heavy atom. The summed E-state index contributed by atoms with van der Waals surface area (Å²) in [7, 11) is -3.31. The molecule has 2 heterocycles. The fraction of sp³-hybridized carbons (Fsp3) is 0.478. The fourth-order valence-corrected chi connectivity index (χ4v) is 6.24. The number of hydrogen-bond acceptors (Lipinski definition) is 4. The van der Waals surface area contributed by atoms with E-state index >= 15 is 0 Å². The van der Waals surface area contributed by atoms with E-state index in [2.05, 4.69) is 10.3 Å². The molecule has 0 bridgehead atoms. The van der Waals surface area contributed by atoms with Crippen molar-refractivity contribution in [2.24, 2.45) is 0 Å². The average molecular weight is 500 g/mol. The van der Waals surface area contributed by atoms with Crippen LogP contribution >= 0.6 is 11.6 Å². The highest BCUT2D eigenvalue weighted by molar-refractivity contribution is 7.89. The lowest BCUT2D eigenvalue weighted by molar-refractivity contribution is 0.0922. The number of sulfonamides is 1. The number of halogens is 3. The summed E-state index contributed by atoms with van der Waals surface area (Å²) in [5, 5.41) is 2.16. The van der Waals surface area contributed by atoms with Gasteiger partial charge in [0.25, 0.3) is 5.91 Å². The van der Waals surface area contributed by atoms with Crippen LogP contribution in [0.1, 0.15) is 55.6 Å². The molecule has 3 rings (SSSR count). The van der Waals surface area contributed by atoms with Gasteiger partial charge < -0.3 is 5.32 Å². The molecule has 0 spiro atoms. The maximum Gasteiger partial charge on any atom is 0.256 e. The molecular weight excluding hydrogens is 472 g/mol. The largest absolute Gasteiger partial charge is 0.349 e. The van der Waals surface area contributed by atoms with Gasteiger partial charge in [0.1, 0.15) is 11.6 Å². The van der Waals surface area contributed by atoms with Gasteiger partial charge in [-0.3, -0.25) is 9.78 Å². The number of hydrogen-bond donors (Lipinski definition) is 1. The van der Waals surface area contributed by atoms with Crippen LogP contribution in [0, 0.1) is 11.6 Å². The summed E-state index contributed by atoms with van der Waals surface area (Å²) in [5.74, 6) is -2.47. The van der Waals surface area contributed by atoms with Crippen LogP contribution in [0.5, 0.6) is 0 Å². The highest BCUT2D eigenvalue weighted by atomic mass is 35.5. The SMILES string of the molecule is CCCS(=O)(=O)N1CCC(CC(C)NC(=O)c2c(F)ccc(F)c2Cl)(c2ccccn2)CC1. The molecule has 1 N–H and O–H groups in total. The van der Waals surface area contributed by atoms with Crippen molar-refractivity contribution >= 4 is 27.5 Å². The van der Waals surface area contributed by atoms with E-state index in [9.17, 15) is 22.0 Å². The first kappa shape index (κ1) is 25.5. The highest BCUT2D eigenvalue weighted by Crippen LogP contribution is 2.39. The van der Waals surface area contributed by atoms with E-state index in [-0.39, 0.29) is 5.75 Å². The first-order chi connectivity index (χ1) is 15.6. The molecule has 0 saturated carbocycles. The van der Waals surface area contributed by atoms with Gasteiger partial charge in [-0.05, 0) is 56.9 Å². The Hall–Kier alpha value is -2.10. The number of aromatic nitrogens is 1. The minimum Gasteiger partial charge on any atom is -0.349 e. The molecule has 1 aromatic carbocycles. The predicted octanol–water partition coefficient (Wildman–Crippen LogP) is 4.30. The Balaban J connectivity index is 1.80. The van der Waals surface area contributed by atoms with Gasteiger partial charge in [-0.1, -0.05) is 24.6 Å². The number of carbonyl (C=O) groups excluding carboxylic acids is 1. The number of benzene rings is 1. The van der Waals surface area contributed by atoms with Crippen molar-refractivity contribution < 1.29 is 22.0 Å². The summed E-state index contributed by atoms with van der Waals surface area (Å²) in [6, 6.07) is 6.87. The lowest BCUT2D eigenvalue weighted by atomic mass is 9.71. The third-order valence-electron chi connectivity index (χ3n) is 6.09. The number of pyridine rings is 1.